The Bertz CT molecular complexity index is 1370. The molecule has 6 heteroatoms. The Balaban J connectivity index is 1.88. The number of hydrogen-bond donors (Lipinski definition) is 0. The van der Waals surface area contributed by atoms with Crippen molar-refractivity contribution in [3.63, 3.8) is 0 Å². The predicted molar refractivity (Wildman–Crippen MR) is 119 cm³/mol. The molecule has 0 aliphatic heterocycles. The standard InChI is InChI=1S/C24H24N4O2/c1-14-6-8-18(9-7-14)21-25-12-19-22(26-21)27(5)24(30)28(23(19)29)13-20-16(3)10-15(2)11-17(20)4/h6-12H,13H2,1-5H3. The van der Waals surface area contributed by atoms with E-state index in [0.717, 1.165) is 33.4 Å². The fraction of sp³-hybridized carbons (Fsp3) is 0.250. The first-order valence-electron chi connectivity index (χ1n) is 9.86. The Labute approximate surface area is 174 Å². The van der Waals surface area contributed by atoms with Crippen LogP contribution in [0.1, 0.15) is 27.8 Å². The topological polar surface area (TPSA) is 69.8 Å². The van der Waals surface area contributed by atoms with Crippen LogP contribution in [0.3, 0.4) is 0 Å². The van der Waals surface area contributed by atoms with Crippen LogP contribution < -0.4 is 11.2 Å². The highest BCUT2D eigenvalue weighted by atomic mass is 16.2. The second kappa shape index (κ2) is 7.37. The van der Waals surface area contributed by atoms with Gasteiger partial charge in [0.05, 0.1) is 6.54 Å². The van der Waals surface area contributed by atoms with Crippen molar-refractivity contribution in [1.82, 2.24) is 19.1 Å². The molecule has 0 bridgehead atoms. The van der Waals surface area contributed by atoms with Gasteiger partial charge in [0.2, 0.25) is 0 Å². The van der Waals surface area contributed by atoms with E-state index in [2.05, 4.69) is 22.1 Å². The molecule has 152 valence electrons. The van der Waals surface area contributed by atoms with Crippen LogP contribution in [0.4, 0.5) is 0 Å². The molecule has 2 aromatic heterocycles. The van der Waals surface area contributed by atoms with Gasteiger partial charge in [-0.25, -0.2) is 14.8 Å². The molecule has 30 heavy (non-hydrogen) atoms. The summed E-state index contributed by atoms with van der Waals surface area (Å²) in [6.07, 6.45) is 1.52. The maximum Gasteiger partial charge on any atom is 0.332 e. The molecule has 0 saturated carbocycles. The molecule has 0 N–H and O–H groups in total. The second-order valence-electron chi connectivity index (χ2n) is 7.91. The lowest BCUT2D eigenvalue weighted by Crippen LogP contribution is -2.40. The van der Waals surface area contributed by atoms with E-state index in [9.17, 15) is 9.59 Å². The van der Waals surface area contributed by atoms with Crippen molar-refractivity contribution in [2.24, 2.45) is 7.05 Å². The minimum atomic E-state index is -0.388. The molecular weight excluding hydrogens is 376 g/mol. The van der Waals surface area contributed by atoms with E-state index < -0.39 is 0 Å². The van der Waals surface area contributed by atoms with E-state index in [1.165, 1.54) is 15.3 Å². The third-order valence-electron chi connectivity index (χ3n) is 5.55. The molecule has 0 saturated heterocycles. The van der Waals surface area contributed by atoms with Crippen molar-refractivity contribution in [2.45, 2.75) is 34.2 Å². The van der Waals surface area contributed by atoms with Crippen LogP contribution in [0.15, 0.2) is 52.2 Å². The van der Waals surface area contributed by atoms with E-state index in [1.807, 2.05) is 52.0 Å². The molecule has 0 amide bonds. The van der Waals surface area contributed by atoms with Crippen LogP contribution in [-0.4, -0.2) is 19.1 Å². The first-order valence-corrected chi connectivity index (χ1v) is 9.86. The molecule has 6 nitrogen and oxygen atoms in total. The maximum absolute atomic E-state index is 13.2. The van der Waals surface area contributed by atoms with Gasteiger partial charge in [-0.2, -0.15) is 0 Å². The maximum atomic E-state index is 13.2. The van der Waals surface area contributed by atoms with E-state index in [0.29, 0.717) is 16.9 Å². The number of aryl methyl sites for hydroxylation is 5. The van der Waals surface area contributed by atoms with Gasteiger partial charge in [0, 0.05) is 18.8 Å². The van der Waals surface area contributed by atoms with Gasteiger partial charge in [0.1, 0.15) is 5.39 Å². The number of hydrogen-bond acceptors (Lipinski definition) is 4. The molecule has 0 aliphatic rings. The van der Waals surface area contributed by atoms with Gasteiger partial charge >= 0.3 is 5.69 Å². The normalized spacial score (nSPS) is 11.2. The summed E-state index contributed by atoms with van der Waals surface area (Å²) in [6, 6.07) is 11.9. The van der Waals surface area contributed by atoms with Gasteiger partial charge in [-0.05, 0) is 44.4 Å². The molecular formula is C24H24N4O2. The second-order valence-corrected chi connectivity index (χ2v) is 7.91. The highest BCUT2D eigenvalue weighted by Gasteiger charge is 2.16. The van der Waals surface area contributed by atoms with Gasteiger partial charge in [0.15, 0.2) is 11.5 Å². The number of fused-ring (bicyclic) bond motifs is 1. The van der Waals surface area contributed by atoms with Gasteiger partial charge in [-0.15, -0.1) is 0 Å². The molecule has 0 radical (unpaired) electrons. The third-order valence-corrected chi connectivity index (χ3v) is 5.55. The molecule has 0 unspecified atom stereocenters. The van der Waals surface area contributed by atoms with E-state index in [-0.39, 0.29) is 17.8 Å². The predicted octanol–water partition coefficient (Wildman–Crippen LogP) is 3.44. The molecule has 0 aliphatic carbocycles. The smallest absolute Gasteiger partial charge is 0.280 e. The van der Waals surface area contributed by atoms with Crippen LogP contribution in [-0.2, 0) is 13.6 Å². The lowest BCUT2D eigenvalue weighted by atomic mass is 10.00. The average molecular weight is 400 g/mol. The zero-order valence-corrected chi connectivity index (χ0v) is 17.9. The highest BCUT2D eigenvalue weighted by molar-refractivity contribution is 5.75. The Kier molecular flexibility index (Phi) is 4.86. The number of rotatable bonds is 3. The molecule has 2 heterocycles. The van der Waals surface area contributed by atoms with Crippen molar-refractivity contribution in [1.29, 1.82) is 0 Å². The van der Waals surface area contributed by atoms with Crippen molar-refractivity contribution in [2.75, 3.05) is 0 Å². The highest BCUT2D eigenvalue weighted by Crippen LogP contribution is 2.19. The van der Waals surface area contributed by atoms with Crippen molar-refractivity contribution >= 4 is 11.0 Å². The Morgan fingerprint density at radius 3 is 2.17 bits per heavy atom. The minimum Gasteiger partial charge on any atom is -0.280 e. The summed E-state index contributed by atoms with van der Waals surface area (Å²) < 4.78 is 2.69. The lowest BCUT2D eigenvalue weighted by molar-refractivity contribution is 0.652. The first-order chi connectivity index (χ1) is 14.3. The Morgan fingerprint density at radius 2 is 1.53 bits per heavy atom. The van der Waals surface area contributed by atoms with E-state index >= 15 is 0 Å². The molecule has 0 spiro atoms. The number of benzene rings is 2. The Hall–Kier alpha value is -3.54. The molecule has 4 aromatic rings. The van der Waals surface area contributed by atoms with Crippen molar-refractivity contribution in [3.05, 3.63) is 91.3 Å². The van der Waals surface area contributed by atoms with Crippen LogP contribution in [0.5, 0.6) is 0 Å². The summed E-state index contributed by atoms with van der Waals surface area (Å²) in [5.41, 5.74) is 5.81. The van der Waals surface area contributed by atoms with Crippen LogP contribution in [0.2, 0.25) is 0 Å². The fourth-order valence-electron chi connectivity index (χ4n) is 3.88. The number of aromatic nitrogens is 4. The quantitative estimate of drug-likeness (QED) is 0.528. The van der Waals surface area contributed by atoms with E-state index in [1.54, 1.807) is 7.05 Å². The third kappa shape index (κ3) is 3.34. The van der Waals surface area contributed by atoms with Crippen molar-refractivity contribution in [3.8, 4) is 11.4 Å². The number of nitrogens with zero attached hydrogens (tertiary/aromatic N) is 4. The summed E-state index contributed by atoms with van der Waals surface area (Å²) in [4.78, 5) is 35.1. The van der Waals surface area contributed by atoms with Crippen LogP contribution in [0.25, 0.3) is 22.4 Å². The first kappa shape index (κ1) is 19.8. The van der Waals surface area contributed by atoms with Crippen LogP contribution in [0, 0.1) is 27.7 Å². The lowest BCUT2D eigenvalue weighted by Gasteiger charge is -2.14. The van der Waals surface area contributed by atoms with Gasteiger partial charge < -0.3 is 0 Å². The van der Waals surface area contributed by atoms with Gasteiger partial charge in [-0.3, -0.25) is 13.9 Å². The largest absolute Gasteiger partial charge is 0.332 e. The zero-order valence-electron chi connectivity index (χ0n) is 17.9. The average Bonchev–Trinajstić information content (AvgIpc) is 2.71. The summed E-state index contributed by atoms with van der Waals surface area (Å²) in [7, 11) is 1.64. The monoisotopic (exact) mass is 400 g/mol. The van der Waals surface area contributed by atoms with Gasteiger partial charge in [-0.1, -0.05) is 47.5 Å². The molecule has 0 fully saturated rings. The SMILES string of the molecule is Cc1ccc(-c2ncc3c(=O)n(Cc4c(C)cc(C)cc4C)c(=O)n(C)c3n2)cc1. The summed E-state index contributed by atoms with van der Waals surface area (Å²) in [5, 5.41) is 0.329. The zero-order chi connectivity index (χ0) is 21.6. The molecule has 0 atom stereocenters. The summed E-state index contributed by atoms with van der Waals surface area (Å²) in [5.74, 6) is 0.486. The fourth-order valence-corrected chi connectivity index (χ4v) is 3.88. The minimum absolute atomic E-state index is 0.221. The molecule has 4 rings (SSSR count). The summed E-state index contributed by atoms with van der Waals surface area (Å²) in [6.45, 7) is 8.27. The van der Waals surface area contributed by atoms with E-state index in [4.69, 9.17) is 0 Å². The molecule has 2 aromatic carbocycles. The Morgan fingerprint density at radius 1 is 0.900 bits per heavy atom. The van der Waals surface area contributed by atoms with Crippen LogP contribution >= 0.6 is 0 Å². The van der Waals surface area contributed by atoms with Gasteiger partial charge in [0.25, 0.3) is 5.56 Å². The van der Waals surface area contributed by atoms with Crippen molar-refractivity contribution < 1.29 is 0 Å². The summed E-state index contributed by atoms with van der Waals surface area (Å²) >= 11 is 0.